The number of H-pyrrole nitrogens is 2. The SMILES string of the molecule is CN(C)Nc1nc(=NC2CC2)n2ncc(=Cc3[nH]c(=O)[nH]c3O)c2n1. The molecule has 1 aliphatic rings. The fourth-order valence-electron chi connectivity index (χ4n) is 2.33. The van der Waals surface area contributed by atoms with Crippen LogP contribution in [0.1, 0.15) is 18.5 Å². The Kier molecular flexibility index (Phi) is 3.50. The lowest BCUT2D eigenvalue weighted by Gasteiger charge is -2.11. The molecular formula is C14H17N9O2. The molecule has 3 heterocycles. The number of hydrogen-bond acceptors (Lipinski definition) is 8. The van der Waals surface area contributed by atoms with Crippen molar-refractivity contribution in [2.45, 2.75) is 18.9 Å². The van der Waals surface area contributed by atoms with E-state index < -0.39 is 5.69 Å². The van der Waals surface area contributed by atoms with E-state index in [1.54, 1.807) is 21.8 Å². The van der Waals surface area contributed by atoms with Crippen molar-refractivity contribution in [1.82, 2.24) is 34.6 Å². The van der Waals surface area contributed by atoms with E-state index in [0.717, 1.165) is 12.8 Å². The van der Waals surface area contributed by atoms with E-state index in [9.17, 15) is 9.90 Å². The van der Waals surface area contributed by atoms with Gasteiger partial charge in [0.05, 0.1) is 12.2 Å². The monoisotopic (exact) mass is 343 g/mol. The third-order valence-electron chi connectivity index (χ3n) is 3.58. The lowest BCUT2D eigenvalue weighted by Crippen LogP contribution is -2.28. The zero-order valence-electron chi connectivity index (χ0n) is 13.7. The van der Waals surface area contributed by atoms with Crippen LogP contribution in [0.5, 0.6) is 5.88 Å². The molecule has 0 atom stereocenters. The first-order valence-electron chi connectivity index (χ1n) is 7.76. The summed E-state index contributed by atoms with van der Waals surface area (Å²) in [6, 6.07) is 0.270. The van der Waals surface area contributed by atoms with Gasteiger partial charge in [0.1, 0.15) is 5.69 Å². The largest absolute Gasteiger partial charge is 0.493 e. The fourth-order valence-corrected chi connectivity index (χ4v) is 2.33. The smallest absolute Gasteiger partial charge is 0.326 e. The highest BCUT2D eigenvalue weighted by Crippen LogP contribution is 2.22. The highest BCUT2D eigenvalue weighted by atomic mass is 16.3. The minimum Gasteiger partial charge on any atom is -0.493 e. The maximum atomic E-state index is 11.3. The number of anilines is 1. The van der Waals surface area contributed by atoms with Gasteiger partial charge < -0.3 is 10.1 Å². The third kappa shape index (κ3) is 3.08. The number of hydrogen-bond donors (Lipinski definition) is 4. The summed E-state index contributed by atoms with van der Waals surface area (Å²) in [5, 5.41) is 16.4. The molecule has 130 valence electrons. The van der Waals surface area contributed by atoms with Crippen molar-refractivity contribution in [3.8, 4) is 5.88 Å². The first kappa shape index (κ1) is 15.3. The zero-order chi connectivity index (χ0) is 17.6. The summed E-state index contributed by atoms with van der Waals surface area (Å²) in [7, 11) is 3.66. The molecule has 0 radical (unpaired) electrons. The van der Waals surface area contributed by atoms with Gasteiger partial charge in [-0.25, -0.2) is 14.8 Å². The Hall–Kier alpha value is -3.21. The molecule has 1 aliphatic carbocycles. The molecule has 25 heavy (non-hydrogen) atoms. The van der Waals surface area contributed by atoms with Crippen LogP contribution in [0.3, 0.4) is 0 Å². The van der Waals surface area contributed by atoms with Crippen molar-refractivity contribution in [1.29, 1.82) is 0 Å². The molecule has 1 fully saturated rings. The van der Waals surface area contributed by atoms with Gasteiger partial charge in [-0.05, 0) is 18.9 Å². The molecule has 0 bridgehead atoms. The van der Waals surface area contributed by atoms with Crippen LogP contribution in [0, 0.1) is 0 Å². The van der Waals surface area contributed by atoms with Crippen LogP contribution < -0.4 is 22.0 Å². The second-order valence-electron chi connectivity index (χ2n) is 6.03. The van der Waals surface area contributed by atoms with Crippen LogP contribution in [0.15, 0.2) is 16.0 Å². The number of hydrazine groups is 1. The average molecular weight is 343 g/mol. The number of nitrogens with zero attached hydrogens (tertiary/aromatic N) is 6. The van der Waals surface area contributed by atoms with Crippen molar-refractivity contribution in [2.75, 3.05) is 19.5 Å². The van der Waals surface area contributed by atoms with Crippen LogP contribution in [-0.4, -0.2) is 59.8 Å². The topological polar surface area (TPSA) is 140 Å². The molecule has 11 heteroatoms. The van der Waals surface area contributed by atoms with Crippen LogP contribution in [0.2, 0.25) is 0 Å². The van der Waals surface area contributed by atoms with E-state index >= 15 is 0 Å². The molecule has 0 spiro atoms. The van der Waals surface area contributed by atoms with Crippen LogP contribution in [-0.2, 0) is 0 Å². The second kappa shape index (κ2) is 5.70. The molecule has 11 nitrogen and oxygen atoms in total. The summed E-state index contributed by atoms with van der Waals surface area (Å²) in [6.45, 7) is 0. The van der Waals surface area contributed by atoms with Gasteiger partial charge in [-0.1, -0.05) is 0 Å². The molecule has 0 aromatic carbocycles. The molecular weight excluding hydrogens is 326 g/mol. The standard InChI is InChI=1S/C14H17N9O2/c1-22(2)21-12-18-10-7(5-9-11(24)19-14(25)17-9)6-15-23(10)13(20-12)16-8-3-4-8/h5-6,8,24H,3-4H2,1-2H3,(H,16,20,21)(H2,17,19,25). The molecule has 0 amide bonds. The van der Waals surface area contributed by atoms with Gasteiger partial charge >= 0.3 is 5.69 Å². The van der Waals surface area contributed by atoms with Crippen molar-refractivity contribution >= 4 is 17.7 Å². The summed E-state index contributed by atoms with van der Waals surface area (Å²) >= 11 is 0. The summed E-state index contributed by atoms with van der Waals surface area (Å²) in [4.78, 5) is 29.5. The Balaban J connectivity index is 1.94. The number of aromatic amines is 2. The van der Waals surface area contributed by atoms with Crippen molar-refractivity contribution in [3.05, 3.63) is 33.2 Å². The van der Waals surface area contributed by atoms with E-state index in [-0.39, 0.29) is 17.6 Å². The predicted octanol–water partition coefficient (Wildman–Crippen LogP) is -1.65. The molecule has 4 N–H and O–H groups in total. The maximum Gasteiger partial charge on any atom is 0.326 e. The first-order chi connectivity index (χ1) is 12.0. The van der Waals surface area contributed by atoms with E-state index in [1.807, 2.05) is 14.1 Å². The Morgan fingerprint density at radius 2 is 2.20 bits per heavy atom. The van der Waals surface area contributed by atoms with Gasteiger partial charge in [0.25, 0.3) is 5.62 Å². The highest BCUT2D eigenvalue weighted by molar-refractivity contribution is 5.56. The normalized spacial score (nSPS) is 16.3. The van der Waals surface area contributed by atoms with Crippen LogP contribution >= 0.6 is 0 Å². The number of aromatic nitrogens is 6. The third-order valence-corrected chi connectivity index (χ3v) is 3.58. The number of imidazole rings is 1. The summed E-state index contributed by atoms with van der Waals surface area (Å²) in [5.74, 6) is 0.145. The zero-order valence-corrected chi connectivity index (χ0v) is 13.7. The van der Waals surface area contributed by atoms with Gasteiger partial charge in [0.15, 0.2) is 5.65 Å². The first-order valence-corrected chi connectivity index (χ1v) is 7.76. The average Bonchev–Trinajstić information content (AvgIpc) is 3.17. The van der Waals surface area contributed by atoms with E-state index in [4.69, 9.17) is 0 Å². The Bertz CT molecular complexity index is 1100. The predicted molar refractivity (Wildman–Crippen MR) is 88.5 cm³/mol. The molecule has 1 saturated carbocycles. The van der Waals surface area contributed by atoms with E-state index in [0.29, 0.717) is 22.4 Å². The van der Waals surface area contributed by atoms with Crippen molar-refractivity contribution in [3.63, 3.8) is 0 Å². The van der Waals surface area contributed by atoms with Gasteiger partial charge in [-0.2, -0.15) is 19.6 Å². The van der Waals surface area contributed by atoms with Gasteiger partial charge in [0, 0.05) is 19.3 Å². The number of fused-ring (bicyclic) bond motifs is 1. The minimum absolute atomic E-state index is 0.243. The van der Waals surface area contributed by atoms with E-state index in [2.05, 4.69) is 35.5 Å². The van der Waals surface area contributed by atoms with Crippen LogP contribution in [0.4, 0.5) is 5.95 Å². The summed E-state index contributed by atoms with van der Waals surface area (Å²) in [5.41, 5.74) is 3.75. The Labute approximate surface area is 140 Å². The van der Waals surface area contributed by atoms with Crippen LogP contribution in [0.25, 0.3) is 11.7 Å². The molecule has 0 saturated heterocycles. The lowest BCUT2D eigenvalue weighted by molar-refractivity contribution is 0.454. The quantitative estimate of drug-likeness (QED) is 0.416. The summed E-state index contributed by atoms with van der Waals surface area (Å²) < 4.78 is 1.55. The second-order valence-corrected chi connectivity index (χ2v) is 6.03. The van der Waals surface area contributed by atoms with Gasteiger partial charge in [0.2, 0.25) is 11.8 Å². The number of aromatic hydroxyl groups is 1. The minimum atomic E-state index is -0.491. The Morgan fingerprint density at radius 3 is 2.84 bits per heavy atom. The highest BCUT2D eigenvalue weighted by Gasteiger charge is 2.21. The van der Waals surface area contributed by atoms with Gasteiger partial charge in [-0.3, -0.25) is 10.4 Å². The maximum absolute atomic E-state index is 11.3. The molecule has 3 aromatic heterocycles. The summed E-state index contributed by atoms with van der Waals surface area (Å²) in [6.07, 6.45) is 5.25. The van der Waals surface area contributed by atoms with Crippen molar-refractivity contribution in [2.24, 2.45) is 4.99 Å². The fraction of sp³-hybridized carbons (Fsp3) is 0.357. The Morgan fingerprint density at radius 1 is 1.40 bits per heavy atom. The van der Waals surface area contributed by atoms with Gasteiger partial charge in [-0.15, -0.1) is 0 Å². The molecule has 3 aromatic rings. The number of rotatable bonds is 4. The van der Waals surface area contributed by atoms with Crippen molar-refractivity contribution < 1.29 is 5.11 Å². The molecule has 0 aliphatic heterocycles. The molecule has 4 rings (SSSR count). The molecule has 0 unspecified atom stereocenters. The van der Waals surface area contributed by atoms with E-state index in [1.165, 1.54) is 0 Å². The number of nitrogens with one attached hydrogen (secondary N) is 3. The lowest BCUT2D eigenvalue weighted by atomic mass is 10.3.